The SMILES string of the molecule is O=C(N/N=C1/CCCc2ccccc21)c1cc([N+](=O)[O-])cc([N+](=O)[O-])c1. The second kappa shape index (κ2) is 7.09. The van der Waals surface area contributed by atoms with Crippen LogP contribution in [0.4, 0.5) is 11.4 Å². The number of carbonyl (C=O) groups is 1. The number of rotatable bonds is 4. The summed E-state index contributed by atoms with van der Waals surface area (Å²) >= 11 is 0. The molecule has 1 aliphatic rings. The van der Waals surface area contributed by atoms with E-state index in [-0.39, 0.29) is 5.56 Å². The van der Waals surface area contributed by atoms with Gasteiger partial charge in [0.1, 0.15) is 0 Å². The fourth-order valence-corrected chi connectivity index (χ4v) is 2.84. The van der Waals surface area contributed by atoms with Gasteiger partial charge in [0, 0.05) is 17.7 Å². The molecule has 132 valence electrons. The molecule has 1 aliphatic carbocycles. The largest absolute Gasteiger partial charge is 0.277 e. The van der Waals surface area contributed by atoms with Crippen LogP contribution in [-0.2, 0) is 6.42 Å². The van der Waals surface area contributed by atoms with E-state index in [2.05, 4.69) is 10.5 Å². The van der Waals surface area contributed by atoms with Crippen molar-refractivity contribution in [1.29, 1.82) is 0 Å². The summed E-state index contributed by atoms with van der Waals surface area (Å²) in [5.74, 6) is -0.743. The van der Waals surface area contributed by atoms with Crippen LogP contribution in [0.5, 0.6) is 0 Å². The van der Waals surface area contributed by atoms with E-state index in [1.807, 2.05) is 24.3 Å². The maximum absolute atomic E-state index is 12.3. The molecule has 0 saturated heterocycles. The molecule has 0 fully saturated rings. The van der Waals surface area contributed by atoms with Crippen LogP contribution in [0.2, 0.25) is 0 Å². The molecular formula is C17H14N4O5. The average Bonchev–Trinajstić information content (AvgIpc) is 2.65. The van der Waals surface area contributed by atoms with Crippen LogP contribution in [0.15, 0.2) is 47.6 Å². The molecule has 0 radical (unpaired) electrons. The number of nitrogens with zero attached hydrogens (tertiary/aromatic N) is 3. The van der Waals surface area contributed by atoms with Crippen LogP contribution in [0.3, 0.4) is 0 Å². The standard InChI is InChI=1S/C17H14N4O5/c22-17(12-8-13(20(23)24)10-14(9-12)21(25)26)19-18-16-7-3-5-11-4-1-2-6-15(11)16/h1-2,4,6,8-10H,3,5,7H2,(H,19,22)/b18-16-. The fourth-order valence-electron chi connectivity index (χ4n) is 2.84. The molecule has 26 heavy (non-hydrogen) atoms. The van der Waals surface area contributed by atoms with Crippen molar-refractivity contribution in [2.45, 2.75) is 19.3 Å². The summed E-state index contributed by atoms with van der Waals surface area (Å²) in [4.78, 5) is 32.5. The maximum atomic E-state index is 12.3. The zero-order chi connectivity index (χ0) is 18.7. The average molecular weight is 354 g/mol. The molecule has 1 N–H and O–H groups in total. The van der Waals surface area contributed by atoms with Gasteiger partial charge in [-0.15, -0.1) is 0 Å². The van der Waals surface area contributed by atoms with Crippen LogP contribution in [0.25, 0.3) is 0 Å². The number of aryl methyl sites for hydroxylation is 1. The van der Waals surface area contributed by atoms with E-state index in [1.165, 1.54) is 0 Å². The molecule has 0 heterocycles. The number of hydrogen-bond acceptors (Lipinski definition) is 6. The summed E-state index contributed by atoms with van der Waals surface area (Å²) in [5, 5.41) is 26.0. The molecule has 0 bridgehead atoms. The van der Waals surface area contributed by atoms with Gasteiger partial charge in [-0.2, -0.15) is 5.10 Å². The molecule has 9 nitrogen and oxygen atoms in total. The van der Waals surface area contributed by atoms with Gasteiger partial charge in [-0.05, 0) is 24.8 Å². The van der Waals surface area contributed by atoms with E-state index in [4.69, 9.17) is 0 Å². The zero-order valence-corrected chi connectivity index (χ0v) is 13.5. The first-order chi connectivity index (χ1) is 12.5. The lowest BCUT2D eigenvalue weighted by Gasteiger charge is -2.17. The molecule has 0 saturated carbocycles. The van der Waals surface area contributed by atoms with Crippen LogP contribution in [0.1, 0.15) is 34.3 Å². The number of nitrogens with one attached hydrogen (secondary N) is 1. The second-order valence-electron chi connectivity index (χ2n) is 5.76. The first-order valence-corrected chi connectivity index (χ1v) is 7.85. The molecular weight excluding hydrogens is 340 g/mol. The van der Waals surface area contributed by atoms with Crippen molar-refractivity contribution in [2.24, 2.45) is 5.10 Å². The van der Waals surface area contributed by atoms with E-state index in [0.717, 1.165) is 42.2 Å². The fraction of sp³-hybridized carbons (Fsp3) is 0.176. The van der Waals surface area contributed by atoms with Gasteiger partial charge in [0.25, 0.3) is 17.3 Å². The number of hydrogen-bond donors (Lipinski definition) is 1. The Balaban J connectivity index is 1.87. The van der Waals surface area contributed by atoms with Crippen molar-refractivity contribution >= 4 is 23.0 Å². The van der Waals surface area contributed by atoms with Gasteiger partial charge in [-0.3, -0.25) is 25.0 Å². The smallest absolute Gasteiger partial charge is 0.267 e. The quantitative estimate of drug-likeness (QED) is 0.667. The predicted octanol–water partition coefficient (Wildman–Crippen LogP) is 2.97. The van der Waals surface area contributed by atoms with Gasteiger partial charge in [-0.25, -0.2) is 5.43 Å². The summed E-state index contributed by atoms with van der Waals surface area (Å²) in [6.45, 7) is 0. The summed E-state index contributed by atoms with van der Waals surface area (Å²) in [5.41, 5.74) is 3.89. The number of nitro groups is 2. The molecule has 0 unspecified atom stereocenters. The minimum atomic E-state index is -0.785. The third kappa shape index (κ3) is 3.56. The number of hydrazone groups is 1. The summed E-state index contributed by atoms with van der Waals surface area (Å²) in [6, 6.07) is 10.5. The number of nitro benzene ring substituents is 2. The molecule has 0 aromatic heterocycles. The Morgan fingerprint density at radius 3 is 2.31 bits per heavy atom. The Hall–Kier alpha value is -3.62. The van der Waals surface area contributed by atoms with Gasteiger partial charge in [0.2, 0.25) is 0 Å². The summed E-state index contributed by atoms with van der Waals surface area (Å²) in [7, 11) is 0. The highest BCUT2D eigenvalue weighted by Gasteiger charge is 2.20. The van der Waals surface area contributed by atoms with Crippen LogP contribution < -0.4 is 5.43 Å². The number of non-ortho nitro benzene ring substituents is 2. The molecule has 0 spiro atoms. The highest BCUT2D eigenvalue weighted by atomic mass is 16.6. The van der Waals surface area contributed by atoms with Crippen LogP contribution in [0, 0.1) is 20.2 Å². The second-order valence-corrected chi connectivity index (χ2v) is 5.76. The van der Waals surface area contributed by atoms with Gasteiger partial charge in [0.15, 0.2) is 0 Å². The highest BCUT2D eigenvalue weighted by Crippen LogP contribution is 2.23. The minimum Gasteiger partial charge on any atom is -0.267 e. The van der Waals surface area contributed by atoms with Gasteiger partial charge in [0.05, 0.1) is 27.2 Å². The summed E-state index contributed by atoms with van der Waals surface area (Å²) < 4.78 is 0. The Kier molecular flexibility index (Phi) is 4.70. The number of carbonyl (C=O) groups excluding carboxylic acids is 1. The topological polar surface area (TPSA) is 128 Å². The van der Waals surface area contributed by atoms with E-state index in [0.29, 0.717) is 12.1 Å². The van der Waals surface area contributed by atoms with Crippen LogP contribution >= 0.6 is 0 Å². The number of benzene rings is 2. The van der Waals surface area contributed by atoms with Gasteiger partial charge >= 0.3 is 0 Å². The van der Waals surface area contributed by atoms with Crippen molar-refractivity contribution in [2.75, 3.05) is 0 Å². The molecule has 0 atom stereocenters. The predicted molar refractivity (Wildman–Crippen MR) is 93.1 cm³/mol. The Bertz CT molecular complexity index is 906. The zero-order valence-electron chi connectivity index (χ0n) is 13.5. The first kappa shape index (κ1) is 17.2. The van der Waals surface area contributed by atoms with Crippen molar-refractivity contribution in [3.8, 4) is 0 Å². The Labute approximate surface area is 147 Å². The van der Waals surface area contributed by atoms with Gasteiger partial charge < -0.3 is 0 Å². The number of fused-ring (bicyclic) bond motifs is 1. The molecule has 9 heteroatoms. The molecule has 3 rings (SSSR count). The highest BCUT2D eigenvalue weighted by molar-refractivity contribution is 6.04. The lowest BCUT2D eigenvalue weighted by Crippen LogP contribution is -2.22. The van der Waals surface area contributed by atoms with E-state index in [1.54, 1.807) is 0 Å². The van der Waals surface area contributed by atoms with E-state index < -0.39 is 27.1 Å². The third-order valence-electron chi connectivity index (χ3n) is 4.07. The molecule has 2 aromatic carbocycles. The Morgan fingerprint density at radius 2 is 1.65 bits per heavy atom. The molecule has 1 amide bonds. The maximum Gasteiger partial charge on any atom is 0.277 e. The van der Waals surface area contributed by atoms with Crippen molar-refractivity contribution in [1.82, 2.24) is 5.43 Å². The lowest BCUT2D eigenvalue weighted by atomic mass is 9.90. The third-order valence-corrected chi connectivity index (χ3v) is 4.07. The van der Waals surface area contributed by atoms with Crippen molar-refractivity contribution < 1.29 is 14.6 Å². The van der Waals surface area contributed by atoms with E-state index in [9.17, 15) is 25.0 Å². The molecule has 0 aliphatic heterocycles. The number of amides is 1. The van der Waals surface area contributed by atoms with Crippen LogP contribution in [-0.4, -0.2) is 21.5 Å². The molecule has 2 aromatic rings. The monoisotopic (exact) mass is 354 g/mol. The Morgan fingerprint density at radius 1 is 1.00 bits per heavy atom. The lowest BCUT2D eigenvalue weighted by molar-refractivity contribution is -0.394. The van der Waals surface area contributed by atoms with E-state index >= 15 is 0 Å². The minimum absolute atomic E-state index is 0.195. The van der Waals surface area contributed by atoms with Crippen molar-refractivity contribution in [3.63, 3.8) is 0 Å². The van der Waals surface area contributed by atoms with Gasteiger partial charge in [-0.1, -0.05) is 24.3 Å². The summed E-state index contributed by atoms with van der Waals surface area (Å²) in [6.07, 6.45) is 2.51. The van der Waals surface area contributed by atoms with Crippen molar-refractivity contribution in [3.05, 3.63) is 79.4 Å². The normalized spacial score (nSPS) is 14.5. The first-order valence-electron chi connectivity index (χ1n) is 7.85.